The van der Waals surface area contributed by atoms with Gasteiger partial charge in [-0.25, -0.2) is 14.6 Å². The Morgan fingerprint density at radius 2 is 1.43 bits per heavy atom. The summed E-state index contributed by atoms with van der Waals surface area (Å²) in [6.45, 7) is -0.206. The zero-order chi connectivity index (χ0) is 24.2. The molecule has 1 N–H and O–H groups in total. The van der Waals surface area contributed by atoms with Crippen LogP contribution in [0, 0.1) is 0 Å². The van der Waals surface area contributed by atoms with Crippen LogP contribution in [0.3, 0.4) is 0 Å². The van der Waals surface area contributed by atoms with Crippen LogP contribution in [0.1, 0.15) is 0 Å². The van der Waals surface area contributed by atoms with Crippen molar-refractivity contribution in [3.63, 3.8) is 0 Å². The molecule has 0 saturated heterocycles. The molecule has 0 atom stereocenters. The molecule has 7 nitrogen and oxygen atoms in total. The predicted molar refractivity (Wildman–Crippen MR) is 136 cm³/mol. The van der Waals surface area contributed by atoms with E-state index in [-0.39, 0.29) is 6.54 Å². The number of aromatic nitrogens is 4. The van der Waals surface area contributed by atoms with Gasteiger partial charge in [-0.2, -0.15) is 5.10 Å². The maximum absolute atomic E-state index is 11.3. The summed E-state index contributed by atoms with van der Waals surface area (Å²) < 4.78 is 1.86. The van der Waals surface area contributed by atoms with Gasteiger partial charge in [0, 0.05) is 23.7 Å². The summed E-state index contributed by atoms with van der Waals surface area (Å²) in [5.74, 6) is -0.626. The molecule has 0 amide bonds. The molecule has 0 aliphatic heterocycles. The van der Waals surface area contributed by atoms with E-state index in [1.54, 1.807) is 13.2 Å². The summed E-state index contributed by atoms with van der Waals surface area (Å²) in [4.78, 5) is 22.0. The zero-order valence-corrected chi connectivity index (χ0v) is 19.1. The van der Waals surface area contributed by atoms with Crippen LogP contribution in [0.5, 0.6) is 0 Å². The fraction of sp³-hybridized carbons (Fsp3) is 0.0714. The molecular formula is C28H23N5O2. The van der Waals surface area contributed by atoms with E-state index >= 15 is 0 Å². The molecule has 0 radical (unpaired) electrons. The summed E-state index contributed by atoms with van der Waals surface area (Å²) in [6, 6.07) is 31.9. The number of aliphatic carboxylic acids is 1. The Morgan fingerprint density at radius 1 is 0.857 bits per heavy atom. The first kappa shape index (κ1) is 22.0. The molecule has 5 aromatic rings. The number of benzene rings is 3. The van der Waals surface area contributed by atoms with E-state index in [1.165, 1.54) is 4.90 Å². The van der Waals surface area contributed by atoms with E-state index in [9.17, 15) is 9.90 Å². The Hall–Kier alpha value is -4.78. The van der Waals surface area contributed by atoms with Crippen molar-refractivity contribution in [2.75, 3.05) is 18.5 Å². The molecule has 0 saturated carbocycles. The Kier molecular flexibility index (Phi) is 6.05. The van der Waals surface area contributed by atoms with Crippen molar-refractivity contribution in [1.82, 2.24) is 19.7 Å². The number of likely N-dealkylation sites (N-methyl/N-ethyl adjacent to an activating group) is 1. The average molecular weight is 462 g/mol. The summed E-state index contributed by atoms with van der Waals surface area (Å²) in [7, 11) is 1.66. The number of carboxylic acid groups (broad SMARTS) is 1. The first-order valence-corrected chi connectivity index (χ1v) is 11.2. The van der Waals surface area contributed by atoms with Crippen LogP contribution < -0.4 is 4.90 Å². The molecule has 0 fully saturated rings. The van der Waals surface area contributed by atoms with E-state index in [2.05, 4.69) is 11.1 Å². The third kappa shape index (κ3) is 4.65. The van der Waals surface area contributed by atoms with Gasteiger partial charge in [0.2, 0.25) is 5.95 Å². The largest absolute Gasteiger partial charge is 0.480 e. The van der Waals surface area contributed by atoms with Crippen LogP contribution >= 0.6 is 0 Å². The molecule has 0 bridgehead atoms. The Morgan fingerprint density at radius 3 is 2.03 bits per heavy atom. The van der Waals surface area contributed by atoms with Gasteiger partial charge in [-0.3, -0.25) is 4.79 Å². The van der Waals surface area contributed by atoms with Crippen molar-refractivity contribution >= 4 is 11.9 Å². The second-order valence-electron chi connectivity index (χ2n) is 8.08. The second kappa shape index (κ2) is 9.61. The standard InChI is InChI=1S/C28H23N5O2/c1-32(19-26(34)35)28-29-18-25(27(30-28)22-15-9-4-10-16-22)33-24(21-13-7-3-8-14-21)17-23(31-33)20-11-5-2-6-12-20/h2-18H,19H2,1H3,(H,34,35). The summed E-state index contributed by atoms with van der Waals surface area (Å²) in [6.07, 6.45) is 1.71. The van der Waals surface area contributed by atoms with Crippen molar-refractivity contribution in [3.05, 3.63) is 103 Å². The first-order chi connectivity index (χ1) is 17.1. The number of carboxylic acids is 1. The molecule has 172 valence electrons. The van der Waals surface area contributed by atoms with Gasteiger partial charge in [0.25, 0.3) is 0 Å². The highest BCUT2D eigenvalue weighted by molar-refractivity contribution is 5.76. The van der Waals surface area contributed by atoms with Gasteiger partial charge in [0.1, 0.15) is 17.9 Å². The normalized spacial score (nSPS) is 10.8. The minimum atomic E-state index is -0.951. The fourth-order valence-electron chi connectivity index (χ4n) is 3.92. The van der Waals surface area contributed by atoms with E-state index < -0.39 is 5.97 Å². The number of anilines is 1. The van der Waals surface area contributed by atoms with Gasteiger partial charge in [0.15, 0.2) is 0 Å². The van der Waals surface area contributed by atoms with Crippen LogP contribution in [0.15, 0.2) is 103 Å². The lowest BCUT2D eigenvalue weighted by Crippen LogP contribution is -2.27. The highest BCUT2D eigenvalue weighted by Gasteiger charge is 2.20. The molecule has 0 spiro atoms. The van der Waals surface area contributed by atoms with Gasteiger partial charge >= 0.3 is 5.97 Å². The predicted octanol–water partition coefficient (Wildman–Crippen LogP) is 5.18. The quantitative estimate of drug-likeness (QED) is 0.359. The van der Waals surface area contributed by atoms with Crippen molar-refractivity contribution in [1.29, 1.82) is 0 Å². The van der Waals surface area contributed by atoms with Crippen molar-refractivity contribution in [2.45, 2.75) is 0 Å². The lowest BCUT2D eigenvalue weighted by molar-refractivity contribution is -0.135. The molecule has 35 heavy (non-hydrogen) atoms. The summed E-state index contributed by atoms with van der Waals surface area (Å²) >= 11 is 0. The molecule has 3 aromatic carbocycles. The maximum atomic E-state index is 11.3. The zero-order valence-electron chi connectivity index (χ0n) is 19.1. The fourth-order valence-corrected chi connectivity index (χ4v) is 3.92. The maximum Gasteiger partial charge on any atom is 0.323 e. The van der Waals surface area contributed by atoms with Crippen molar-refractivity contribution in [3.8, 4) is 39.5 Å². The highest BCUT2D eigenvalue weighted by atomic mass is 16.4. The van der Waals surface area contributed by atoms with Crippen molar-refractivity contribution in [2.24, 2.45) is 0 Å². The molecule has 0 unspecified atom stereocenters. The third-order valence-corrected chi connectivity index (χ3v) is 5.59. The first-order valence-electron chi connectivity index (χ1n) is 11.2. The monoisotopic (exact) mass is 461 g/mol. The van der Waals surface area contributed by atoms with E-state index in [0.29, 0.717) is 17.3 Å². The minimum absolute atomic E-state index is 0.206. The number of rotatable bonds is 7. The van der Waals surface area contributed by atoms with Gasteiger partial charge in [-0.05, 0) is 6.07 Å². The molecular weight excluding hydrogens is 438 g/mol. The lowest BCUT2D eigenvalue weighted by atomic mass is 10.1. The molecule has 2 aromatic heterocycles. The third-order valence-electron chi connectivity index (χ3n) is 5.59. The van der Waals surface area contributed by atoms with E-state index in [1.807, 2.05) is 95.7 Å². The number of hydrogen-bond acceptors (Lipinski definition) is 5. The Balaban J connectivity index is 1.73. The summed E-state index contributed by atoms with van der Waals surface area (Å²) in [5.41, 5.74) is 5.98. The van der Waals surface area contributed by atoms with E-state index in [0.717, 1.165) is 28.1 Å². The van der Waals surface area contributed by atoms with Crippen LogP contribution in [-0.4, -0.2) is 44.4 Å². The highest BCUT2D eigenvalue weighted by Crippen LogP contribution is 2.32. The minimum Gasteiger partial charge on any atom is -0.480 e. The lowest BCUT2D eigenvalue weighted by Gasteiger charge is -2.18. The number of nitrogens with zero attached hydrogens (tertiary/aromatic N) is 5. The molecule has 0 aliphatic carbocycles. The van der Waals surface area contributed by atoms with Gasteiger partial charge in [-0.15, -0.1) is 0 Å². The summed E-state index contributed by atoms with van der Waals surface area (Å²) in [5, 5.41) is 14.2. The number of carbonyl (C=O) groups is 1. The topological polar surface area (TPSA) is 84.1 Å². The molecule has 7 heteroatoms. The molecule has 0 aliphatic rings. The van der Waals surface area contributed by atoms with Gasteiger partial charge in [-0.1, -0.05) is 91.0 Å². The molecule has 2 heterocycles. The van der Waals surface area contributed by atoms with Gasteiger partial charge < -0.3 is 10.0 Å². The van der Waals surface area contributed by atoms with Crippen LogP contribution in [0.4, 0.5) is 5.95 Å². The van der Waals surface area contributed by atoms with Gasteiger partial charge in [0.05, 0.1) is 17.6 Å². The van der Waals surface area contributed by atoms with E-state index in [4.69, 9.17) is 10.1 Å². The SMILES string of the molecule is CN(CC(=O)O)c1ncc(-n2nc(-c3ccccc3)cc2-c2ccccc2)c(-c2ccccc2)n1. The Labute approximate surface area is 203 Å². The molecule has 5 rings (SSSR count). The number of hydrogen-bond donors (Lipinski definition) is 1. The van der Waals surface area contributed by atoms with Crippen LogP contribution in [-0.2, 0) is 4.79 Å². The Bertz CT molecular complexity index is 1450. The van der Waals surface area contributed by atoms with Crippen molar-refractivity contribution < 1.29 is 9.90 Å². The second-order valence-corrected chi connectivity index (χ2v) is 8.08. The van der Waals surface area contributed by atoms with Crippen LogP contribution in [0.2, 0.25) is 0 Å². The smallest absolute Gasteiger partial charge is 0.323 e. The average Bonchev–Trinajstić information content (AvgIpc) is 3.35. The van der Waals surface area contributed by atoms with Crippen LogP contribution in [0.25, 0.3) is 39.5 Å².